The summed E-state index contributed by atoms with van der Waals surface area (Å²) in [5.41, 5.74) is 0.947. The molecule has 3 N–H and O–H groups in total. The molecule has 0 spiro atoms. The summed E-state index contributed by atoms with van der Waals surface area (Å²) in [6, 6.07) is 4.84. The number of phenolic OH excluding ortho intramolecular Hbond substituents is 2. The number of nitrogens with one attached hydrogen (secondary N) is 1. The molecule has 4 heteroatoms. The number of hydrogen-bond donors (Lipinski definition) is 3. The van der Waals surface area contributed by atoms with Gasteiger partial charge >= 0.3 is 0 Å². The van der Waals surface area contributed by atoms with Gasteiger partial charge in [0.05, 0.1) is 6.61 Å². The highest BCUT2D eigenvalue weighted by Gasteiger charge is 2.20. The molecule has 1 aromatic rings. The van der Waals surface area contributed by atoms with E-state index in [2.05, 4.69) is 5.32 Å². The highest BCUT2D eigenvalue weighted by molar-refractivity contribution is 5.40. The van der Waals surface area contributed by atoms with Crippen LogP contribution < -0.4 is 5.32 Å². The fourth-order valence-corrected chi connectivity index (χ4v) is 1.59. The normalized spacial score (nSPS) is 15.1. The molecule has 1 aliphatic carbocycles. The summed E-state index contributed by atoms with van der Waals surface area (Å²) in [5, 5.41) is 21.7. The minimum Gasteiger partial charge on any atom is -0.504 e. The van der Waals surface area contributed by atoms with Crippen molar-refractivity contribution in [2.45, 2.75) is 19.4 Å². The lowest BCUT2D eigenvalue weighted by atomic mass is 10.2. The molecule has 0 aromatic heterocycles. The lowest BCUT2D eigenvalue weighted by Gasteiger charge is -2.06. The Bertz CT molecular complexity index is 364. The van der Waals surface area contributed by atoms with E-state index in [1.54, 1.807) is 12.1 Å². The Morgan fingerprint density at radius 1 is 1.24 bits per heavy atom. The minimum absolute atomic E-state index is 0.0747. The highest BCUT2D eigenvalue weighted by atomic mass is 16.5. The van der Waals surface area contributed by atoms with Gasteiger partial charge in [-0.15, -0.1) is 0 Å². The van der Waals surface area contributed by atoms with Crippen molar-refractivity contribution in [1.29, 1.82) is 0 Å². The van der Waals surface area contributed by atoms with Gasteiger partial charge in [-0.3, -0.25) is 0 Å². The Balaban J connectivity index is 1.58. The third kappa shape index (κ3) is 4.24. The van der Waals surface area contributed by atoms with Crippen molar-refractivity contribution in [2.75, 3.05) is 19.8 Å². The van der Waals surface area contributed by atoms with Gasteiger partial charge in [0, 0.05) is 19.7 Å². The second-order valence-corrected chi connectivity index (χ2v) is 4.52. The van der Waals surface area contributed by atoms with Crippen molar-refractivity contribution in [1.82, 2.24) is 5.32 Å². The van der Waals surface area contributed by atoms with Crippen molar-refractivity contribution in [3.63, 3.8) is 0 Å². The van der Waals surface area contributed by atoms with Crippen molar-refractivity contribution in [3.8, 4) is 11.5 Å². The van der Waals surface area contributed by atoms with Gasteiger partial charge in [-0.05, 0) is 36.5 Å². The Morgan fingerprint density at radius 2 is 2.06 bits per heavy atom. The van der Waals surface area contributed by atoms with E-state index in [9.17, 15) is 5.11 Å². The van der Waals surface area contributed by atoms with Crippen molar-refractivity contribution >= 4 is 0 Å². The maximum atomic E-state index is 9.31. The average molecular weight is 237 g/mol. The predicted octanol–water partition coefficient (Wildman–Crippen LogP) is 1.61. The van der Waals surface area contributed by atoms with Crippen LogP contribution in [0.2, 0.25) is 0 Å². The van der Waals surface area contributed by atoms with Gasteiger partial charge in [0.1, 0.15) is 0 Å². The van der Waals surface area contributed by atoms with Crippen LogP contribution in [0.15, 0.2) is 18.2 Å². The molecule has 1 fully saturated rings. The first kappa shape index (κ1) is 12.2. The van der Waals surface area contributed by atoms with Gasteiger partial charge in [-0.2, -0.15) is 0 Å². The largest absolute Gasteiger partial charge is 0.504 e. The van der Waals surface area contributed by atoms with Crippen LogP contribution in [0.3, 0.4) is 0 Å². The van der Waals surface area contributed by atoms with Crippen LogP contribution in [0.4, 0.5) is 0 Å². The molecule has 0 bridgehead atoms. The first-order valence-electron chi connectivity index (χ1n) is 6.05. The smallest absolute Gasteiger partial charge is 0.157 e. The van der Waals surface area contributed by atoms with Gasteiger partial charge < -0.3 is 20.3 Å². The zero-order valence-corrected chi connectivity index (χ0v) is 9.85. The molecule has 0 unspecified atom stereocenters. The molecule has 0 atom stereocenters. The Hall–Kier alpha value is -1.26. The number of benzene rings is 1. The summed E-state index contributed by atoms with van der Waals surface area (Å²) < 4.78 is 5.49. The molecule has 4 nitrogen and oxygen atoms in total. The van der Waals surface area contributed by atoms with Crippen LogP contribution in [0.25, 0.3) is 0 Å². The number of ether oxygens (including phenoxy) is 1. The van der Waals surface area contributed by atoms with Crippen LogP contribution in [0.5, 0.6) is 11.5 Å². The Labute approximate surface area is 101 Å². The van der Waals surface area contributed by atoms with E-state index in [0.717, 1.165) is 31.2 Å². The molecule has 0 saturated heterocycles. The summed E-state index contributed by atoms with van der Waals surface area (Å²) in [4.78, 5) is 0. The molecule has 94 valence electrons. The SMILES string of the molecule is Oc1ccc(CNCCOCC2CC2)cc1O. The lowest BCUT2D eigenvalue weighted by molar-refractivity contribution is 0.126. The van der Waals surface area contributed by atoms with E-state index in [4.69, 9.17) is 9.84 Å². The van der Waals surface area contributed by atoms with Crippen LogP contribution in [0.1, 0.15) is 18.4 Å². The number of hydrogen-bond acceptors (Lipinski definition) is 4. The Morgan fingerprint density at radius 3 is 2.76 bits per heavy atom. The summed E-state index contributed by atoms with van der Waals surface area (Å²) >= 11 is 0. The van der Waals surface area contributed by atoms with Crippen LogP contribution in [0, 0.1) is 5.92 Å². The second kappa shape index (κ2) is 5.89. The van der Waals surface area contributed by atoms with Crippen molar-refractivity contribution in [3.05, 3.63) is 23.8 Å². The average Bonchev–Trinajstić information content (AvgIpc) is 3.12. The molecule has 1 aliphatic rings. The number of phenols is 2. The first-order valence-corrected chi connectivity index (χ1v) is 6.05. The van der Waals surface area contributed by atoms with Gasteiger partial charge in [0.15, 0.2) is 11.5 Å². The number of aromatic hydroxyl groups is 2. The predicted molar refractivity (Wildman–Crippen MR) is 65.0 cm³/mol. The van der Waals surface area contributed by atoms with E-state index in [-0.39, 0.29) is 11.5 Å². The van der Waals surface area contributed by atoms with Gasteiger partial charge in [-0.1, -0.05) is 6.07 Å². The molecule has 1 saturated carbocycles. The van der Waals surface area contributed by atoms with Gasteiger partial charge in [0.25, 0.3) is 0 Å². The summed E-state index contributed by atoms with van der Waals surface area (Å²) in [6.45, 7) is 3.08. The molecule has 17 heavy (non-hydrogen) atoms. The van der Waals surface area contributed by atoms with Crippen LogP contribution in [-0.4, -0.2) is 30.0 Å². The molecule has 0 aliphatic heterocycles. The lowest BCUT2D eigenvalue weighted by Crippen LogP contribution is -2.19. The molecule has 0 radical (unpaired) electrons. The monoisotopic (exact) mass is 237 g/mol. The van der Waals surface area contributed by atoms with Crippen LogP contribution >= 0.6 is 0 Å². The van der Waals surface area contributed by atoms with Crippen molar-refractivity contribution in [2.24, 2.45) is 5.92 Å². The molecular formula is C13H19NO3. The maximum absolute atomic E-state index is 9.31. The maximum Gasteiger partial charge on any atom is 0.157 e. The fraction of sp³-hybridized carbons (Fsp3) is 0.538. The van der Waals surface area contributed by atoms with Crippen LogP contribution in [-0.2, 0) is 11.3 Å². The van der Waals surface area contributed by atoms with Gasteiger partial charge in [0.2, 0.25) is 0 Å². The zero-order valence-electron chi connectivity index (χ0n) is 9.85. The number of rotatable bonds is 7. The third-order valence-corrected chi connectivity index (χ3v) is 2.84. The third-order valence-electron chi connectivity index (χ3n) is 2.84. The van der Waals surface area contributed by atoms with E-state index >= 15 is 0 Å². The van der Waals surface area contributed by atoms with Crippen molar-refractivity contribution < 1.29 is 14.9 Å². The minimum atomic E-state index is -0.0819. The summed E-state index contributed by atoms with van der Waals surface area (Å²) in [7, 11) is 0. The highest BCUT2D eigenvalue weighted by Crippen LogP contribution is 2.28. The topological polar surface area (TPSA) is 61.7 Å². The Kier molecular flexibility index (Phi) is 4.23. The van der Waals surface area contributed by atoms with Gasteiger partial charge in [-0.25, -0.2) is 0 Å². The summed E-state index contributed by atoms with van der Waals surface area (Å²) in [5.74, 6) is 0.653. The van der Waals surface area contributed by atoms with E-state index in [1.165, 1.54) is 18.9 Å². The molecule has 0 heterocycles. The van der Waals surface area contributed by atoms with E-state index < -0.39 is 0 Å². The summed E-state index contributed by atoms with van der Waals surface area (Å²) in [6.07, 6.45) is 2.64. The molecule has 2 rings (SSSR count). The standard InChI is InChI=1S/C13H19NO3/c15-12-4-3-11(7-13(12)16)8-14-5-6-17-9-10-1-2-10/h3-4,7,10,14-16H,1-2,5-6,8-9H2. The molecule has 0 amide bonds. The molecule has 1 aromatic carbocycles. The molecular weight excluding hydrogens is 218 g/mol. The first-order chi connectivity index (χ1) is 8.25. The quantitative estimate of drug-likeness (QED) is 0.498. The fourth-order valence-electron chi connectivity index (χ4n) is 1.59. The zero-order chi connectivity index (χ0) is 12.1. The second-order valence-electron chi connectivity index (χ2n) is 4.52. The van der Waals surface area contributed by atoms with E-state index in [1.807, 2.05) is 0 Å². The van der Waals surface area contributed by atoms with E-state index in [0.29, 0.717) is 6.54 Å².